The van der Waals surface area contributed by atoms with Crippen molar-refractivity contribution >= 4 is 22.5 Å². The van der Waals surface area contributed by atoms with E-state index in [4.69, 9.17) is 16.6 Å². The molecule has 8 heteroatoms. The highest BCUT2D eigenvalue weighted by Crippen LogP contribution is 2.31. The summed E-state index contributed by atoms with van der Waals surface area (Å²) < 4.78 is 40.9. The van der Waals surface area contributed by atoms with Crippen LogP contribution in [0.3, 0.4) is 0 Å². The number of fused-ring (bicyclic) bond motifs is 1. The van der Waals surface area contributed by atoms with Gasteiger partial charge in [-0.2, -0.15) is 13.2 Å². The number of nitrogens with zero attached hydrogens (tertiary/aromatic N) is 2. The molecule has 180 valence electrons. The minimum atomic E-state index is -4.43. The summed E-state index contributed by atoms with van der Waals surface area (Å²) in [6, 6.07) is 17.7. The first-order valence-electron chi connectivity index (χ1n) is 11.5. The van der Waals surface area contributed by atoms with Gasteiger partial charge in [0.25, 0.3) is 5.56 Å². The average molecular weight is 498 g/mol. The van der Waals surface area contributed by atoms with E-state index in [1.165, 1.54) is 12.1 Å². The third kappa shape index (κ3) is 4.97. The molecule has 1 aromatic heterocycles. The Balaban J connectivity index is 1.64. The molecule has 1 aliphatic rings. The fraction of sp³-hybridized carbons (Fsp3) is 0.259. The van der Waals surface area contributed by atoms with Crippen molar-refractivity contribution in [3.63, 3.8) is 0 Å². The average Bonchev–Trinajstić information content (AvgIpc) is 2.86. The van der Waals surface area contributed by atoms with Crippen molar-refractivity contribution in [2.75, 3.05) is 13.1 Å². The van der Waals surface area contributed by atoms with Gasteiger partial charge >= 0.3 is 6.18 Å². The quantitative estimate of drug-likeness (QED) is 0.355. The van der Waals surface area contributed by atoms with Gasteiger partial charge in [-0.15, -0.1) is 0 Å². The Morgan fingerprint density at radius 1 is 0.971 bits per heavy atom. The van der Waals surface area contributed by atoms with Crippen molar-refractivity contribution in [1.29, 1.82) is 0 Å². The van der Waals surface area contributed by atoms with Gasteiger partial charge in [-0.3, -0.25) is 9.36 Å². The van der Waals surface area contributed by atoms with Crippen LogP contribution in [0.4, 0.5) is 13.2 Å². The number of rotatable bonds is 4. The second-order valence-electron chi connectivity index (χ2n) is 8.88. The number of hydrogen-bond acceptors (Lipinski definition) is 3. The summed E-state index contributed by atoms with van der Waals surface area (Å²) >= 11 is 6.01. The summed E-state index contributed by atoms with van der Waals surface area (Å²) in [5, 5.41) is 4.45. The van der Waals surface area contributed by atoms with E-state index < -0.39 is 11.7 Å². The molecule has 1 saturated heterocycles. The smallest absolute Gasteiger partial charge is 0.316 e. The highest BCUT2D eigenvalue weighted by atomic mass is 35.5. The highest BCUT2D eigenvalue weighted by molar-refractivity contribution is 6.30. The zero-order valence-electron chi connectivity index (χ0n) is 18.8. The lowest BCUT2D eigenvalue weighted by atomic mass is 9.99. The zero-order valence-corrected chi connectivity index (χ0v) is 19.5. The maximum absolute atomic E-state index is 13.8. The van der Waals surface area contributed by atoms with Gasteiger partial charge in [0, 0.05) is 17.1 Å². The van der Waals surface area contributed by atoms with Gasteiger partial charge in [-0.25, -0.2) is 4.98 Å². The van der Waals surface area contributed by atoms with E-state index in [-0.39, 0.29) is 11.5 Å². The number of halogens is 4. The molecule has 1 aliphatic heterocycles. The minimum absolute atomic E-state index is 0.203. The first kappa shape index (κ1) is 23.6. The van der Waals surface area contributed by atoms with Crippen molar-refractivity contribution in [2.45, 2.75) is 25.6 Å². The fourth-order valence-electron chi connectivity index (χ4n) is 4.58. The summed E-state index contributed by atoms with van der Waals surface area (Å²) in [6.07, 6.45) is -2.45. The van der Waals surface area contributed by atoms with Gasteiger partial charge in [-0.1, -0.05) is 41.9 Å². The number of alkyl halides is 3. The second kappa shape index (κ2) is 9.47. The van der Waals surface area contributed by atoms with Crippen molar-refractivity contribution in [2.24, 2.45) is 5.92 Å². The molecule has 5 rings (SSSR count). The third-order valence-corrected chi connectivity index (χ3v) is 6.69. The SMILES string of the molecule is O=c1c2cc(-c3ccc(Cl)cc3)ccc2nc(-c2ccc(C(F)(F)F)cc2)n1C[C@@H]1CCCNC1. The summed E-state index contributed by atoms with van der Waals surface area (Å²) in [5.41, 5.74) is 1.82. The maximum Gasteiger partial charge on any atom is 0.416 e. The van der Waals surface area contributed by atoms with Crippen LogP contribution in [0.15, 0.2) is 71.5 Å². The molecular weight excluding hydrogens is 475 g/mol. The molecule has 3 aromatic carbocycles. The van der Waals surface area contributed by atoms with Crippen LogP contribution in [0, 0.1) is 5.92 Å². The summed E-state index contributed by atoms with van der Waals surface area (Å²) in [4.78, 5) is 18.5. The summed E-state index contributed by atoms with van der Waals surface area (Å²) in [6.45, 7) is 2.16. The Kier molecular flexibility index (Phi) is 6.38. The molecule has 4 aromatic rings. The lowest BCUT2D eigenvalue weighted by Crippen LogP contribution is -2.35. The molecule has 2 heterocycles. The molecule has 0 amide bonds. The zero-order chi connectivity index (χ0) is 24.6. The topological polar surface area (TPSA) is 46.9 Å². The van der Waals surface area contributed by atoms with Crippen LogP contribution >= 0.6 is 11.6 Å². The molecule has 0 saturated carbocycles. The van der Waals surface area contributed by atoms with Crippen molar-refractivity contribution < 1.29 is 13.2 Å². The van der Waals surface area contributed by atoms with Crippen LogP contribution < -0.4 is 10.9 Å². The molecule has 35 heavy (non-hydrogen) atoms. The Morgan fingerprint density at radius 3 is 2.31 bits per heavy atom. The van der Waals surface area contributed by atoms with E-state index in [0.717, 1.165) is 49.2 Å². The van der Waals surface area contributed by atoms with Gasteiger partial charge in [0.05, 0.1) is 16.5 Å². The lowest BCUT2D eigenvalue weighted by Gasteiger charge is -2.25. The summed E-state index contributed by atoms with van der Waals surface area (Å²) in [5.74, 6) is 0.606. The Labute approximate surface area is 205 Å². The number of benzene rings is 3. The molecular formula is C27H23ClF3N3O. The molecule has 1 N–H and O–H groups in total. The van der Waals surface area contributed by atoms with Crippen LogP contribution in [-0.4, -0.2) is 22.6 Å². The molecule has 1 fully saturated rings. The van der Waals surface area contributed by atoms with Crippen molar-refractivity contribution in [3.05, 3.63) is 87.7 Å². The van der Waals surface area contributed by atoms with Gasteiger partial charge in [0.15, 0.2) is 0 Å². The lowest BCUT2D eigenvalue weighted by molar-refractivity contribution is -0.137. The Morgan fingerprint density at radius 2 is 1.66 bits per heavy atom. The first-order chi connectivity index (χ1) is 16.8. The summed E-state index contributed by atoms with van der Waals surface area (Å²) in [7, 11) is 0. The number of piperidine rings is 1. The standard InChI is InChI=1S/C27H23ClF3N3O/c28-22-10-5-18(6-11-22)20-7-12-24-23(14-20)26(35)34(16-17-2-1-13-32-15-17)25(33-24)19-3-8-21(9-4-19)27(29,30)31/h3-12,14,17,32H,1-2,13,15-16H2/t17-/m1/s1. The Hall–Kier alpha value is -3.16. The van der Waals surface area contributed by atoms with E-state index in [0.29, 0.717) is 33.9 Å². The molecule has 0 aliphatic carbocycles. The molecule has 0 bridgehead atoms. The van der Waals surface area contributed by atoms with Crippen molar-refractivity contribution in [3.8, 4) is 22.5 Å². The van der Waals surface area contributed by atoms with E-state index in [1.807, 2.05) is 24.3 Å². The van der Waals surface area contributed by atoms with Crippen LogP contribution in [0.1, 0.15) is 18.4 Å². The predicted octanol–water partition coefficient (Wildman–Crippen LogP) is 6.40. The minimum Gasteiger partial charge on any atom is -0.316 e. The highest BCUT2D eigenvalue weighted by Gasteiger charge is 2.30. The Bertz CT molecular complexity index is 1410. The normalized spacial score (nSPS) is 16.5. The second-order valence-corrected chi connectivity index (χ2v) is 9.31. The molecule has 4 nitrogen and oxygen atoms in total. The van der Waals surface area contributed by atoms with Crippen LogP contribution in [0.25, 0.3) is 33.4 Å². The predicted molar refractivity (Wildman–Crippen MR) is 132 cm³/mol. The van der Waals surface area contributed by atoms with Crippen molar-refractivity contribution in [1.82, 2.24) is 14.9 Å². The van der Waals surface area contributed by atoms with E-state index in [2.05, 4.69) is 5.32 Å². The molecule has 0 radical (unpaired) electrons. The number of nitrogens with one attached hydrogen (secondary N) is 1. The maximum atomic E-state index is 13.8. The van der Waals surface area contributed by atoms with E-state index in [1.54, 1.807) is 22.8 Å². The molecule has 1 atom stereocenters. The van der Waals surface area contributed by atoms with Gasteiger partial charge < -0.3 is 5.32 Å². The number of aromatic nitrogens is 2. The fourth-order valence-corrected chi connectivity index (χ4v) is 4.70. The largest absolute Gasteiger partial charge is 0.416 e. The van der Waals surface area contributed by atoms with E-state index in [9.17, 15) is 18.0 Å². The van der Waals surface area contributed by atoms with Crippen LogP contribution in [0.2, 0.25) is 5.02 Å². The molecule has 0 spiro atoms. The van der Waals surface area contributed by atoms with Gasteiger partial charge in [0.2, 0.25) is 0 Å². The molecule has 0 unspecified atom stereocenters. The van der Waals surface area contributed by atoms with Crippen LogP contribution in [0.5, 0.6) is 0 Å². The van der Waals surface area contributed by atoms with E-state index >= 15 is 0 Å². The van der Waals surface area contributed by atoms with Gasteiger partial charge in [-0.05, 0) is 79.4 Å². The monoisotopic (exact) mass is 497 g/mol. The van der Waals surface area contributed by atoms with Gasteiger partial charge in [0.1, 0.15) is 5.82 Å². The third-order valence-electron chi connectivity index (χ3n) is 6.44. The van der Waals surface area contributed by atoms with Crippen LogP contribution in [-0.2, 0) is 12.7 Å². The number of hydrogen-bond donors (Lipinski definition) is 1. The first-order valence-corrected chi connectivity index (χ1v) is 11.9.